The van der Waals surface area contributed by atoms with Crippen molar-refractivity contribution >= 4 is 0 Å². The van der Waals surface area contributed by atoms with Gasteiger partial charge in [0.25, 0.3) is 0 Å². The largest absolute Gasteiger partial charge is 0.497 e. The van der Waals surface area contributed by atoms with Gasteiger partial charge < -0.3 is 14.8 Å². The summed E-state index contributed by atoms with van der Waals surface area (Å²) in [5.74, 6) is 0.856. The Kier molecular flexibility index (Phi) is 6.18. The van der Waals surface area contributed by atoms with E-state index in [9.17, 15) is 0 Å². The predicted octanol–water partition coefficient (Wildman–Crippen LogP) is 1.61. The van der Waals surface area contributed by atoms with Gasteiger partial charge in [-0.1, -0.05) is 24.3 Å². The number of nitrogens with one attached hydrogen (secondary N) is 1. The number of rotatable bonds is 9. The minimum atomic E-state index is 0.586. The predicted molar refractivity (Wildman–Crippen MR) is 80.1 cm³/mol. The molecule has 0 fully saturated rings. The molecule has 0 amide bonds. The molecule has 114 valence electrons. The van der Waals surface area contributed by atoms with Crippen molar-refractivity contribution in [3.8, 4) is 5.75 Å². The number of benzene rings is 1. The molecule has 0 radical (unpaired) electrons. The van der Waals surface area contributed by atoms with Gasteiger partial charge in [0.15, 0.2) is 0 Å². The summed E-state index contributed by atoms with van der Waals surface area (Å²) < 4.78 is 12.6. The van der Waals surface area contributed by atoms with Gasteiger partial charge in [0.1, 0.15) is 5.75 Å². The molecule has 0 saturated heterocycles. The van der Waals surface area contributed by atoms with Crippen LogP contribution in [0.3, 0.4) is 0 Å². The Balaban J connectivity index is 1.67. The van der Waals surface area contributed by atoms with Crippen molar-refractivity contribution in [2.45, 2.75) is 26.6 Å². The Morgan fingerprint density at radius 1 is 1.24 bits per heavy atom. The van der Waals surface area contributed by atoms with Crippen LogP contribution in [0, 0.1) is 0 Å². The summed E-state index contributed by atoms with van der Waals surface area (Å²) in [5, 5.41) is 11.4. The first-order chi connectivity index (χ1) is 10.3. The smallest absolute Gasteiger partial charge is 0.118 e. The molecule has 6 heteroatoms. The van der Waals surface area contributed by atoms with Crippen LogP contribution >= 0.6 is 0 Å². The lowest BCUT2D eigenvalue weighted by molar-refractivity contribution is 0.110. The second-order valence-corrected chi connectivity index (χ2v) is 4.65. The Morgan fingerprint density at radius 2 is 2.05 bits per heavy atom. The van der Waals surface area contributed by atoms with Gasteiger partial charge in [-0.15, -0.1) is 5.10 Å². The number of hydrogen-bond acceptors (Lipinski definition) is 5. The average Bonchev–Trinajstić information content (AvgIpc) is 2.98. The van der Waals surface area contributed by atoms with Crippen LogP contribution in [0.25, 0.3) is 0 Å². The Labute approximate surface area is 125 Å². The van der Waals surface area contributed by atoms with E-state index in [1.807, 2.05) is 30.5 Å². The Morgan fingerprint density at radius 3 is 2.76 bits per heavy atom. The molecule has 1 N–H and O–H groups in total. The van der Waals surface area contributed by atoms with E-state index >= 15 is 0 Å². The van der Waals surface area contributed by atoms with Crippen LogP contribution in [0.1, 0.15) is 18.2 Å². The van der Waals surface area contributed by atoms with Gasteiger partial charge in [-0.3, -0.25) is 0 Å². The fourth-order valence-corrected chi connectivity index (χ4v) is 1.85. The lowest BCUT2D eigenvalue weighted by atomic mass is 10.2. The van der Waals surface area contributed by atoms with E-state index in [0.717, 1.165) is 30.1 Å². The van der Waals surface area contributed by atoms with E-state index in [1.165, 1.54) is 0 Å². The molecule has 2 rings (SSSR count). The summed E-state index contributed by atoms with van der Waals surface area (Å²) in [7, 11) is 1.66. The third kappa shape index (κ3) is 5.17. The van der Waals surface area contributed by atoms with E-state index in [2.05, 4.69) is 22.6 Å². The van der Waals surface area contributed by atoms with Crippen molar-refractivity contribution in [1.29, 1.82) is 0 Å². The molecule has 0 unspecified atom stereocenters. The molecule has 0 spiro atoms. The summed E-state index contributed by atoms with van der Waals surface area (Å²) in [4.78, 5) is 0. The fourth-order valence-electron chi connectivity index (χ4n) is 1.85. The molecule has 1 heterocycles. The van der Waals surface area contributed by atoms with Crippen LogP contribution in [0.15, 0.2) is 30.5 Å². The first-order valence-corrected chi connectivity index (χ1v) is 7.12. The van der Waals surface area contributed by atoms with Crippen molar-refractivity contribution in [3.05, 3.63) is 41.7 Å². The Hall–Kier alpha value is -1.92. The zero-order chi connectivity index (χ0) is 14.9. The summed E-state index contributed by atoms with van der Waals surface area (Å²) in [6.45, 7) is 5.65. The summed E-state index contributed by atoms with van der Waals surface area (Å²) in [5.41, 5.74) is 2.08. The van der Waals surface area contributed by atoms with Crippen LogP contribution < -0.4 is 10.1 Å². The molecule has 0 bridgehead atoms. The Bertz CT molecular complexity index is 525. The van der Waals surface area contributed by atoms with Gasteiger partial charge in [0.05, 0.1) is 32.6 Å². The molecule has 0 aliphatic rings. The molecule has 21 heavy (non-hydrogen) atoms. The third-order valence-corrected chi connectivity index (χ3v) is 3.03. The molecule has 2 aromatic rings. The summed E-state index contributed by atoms with van der Waals surface area (Å²) in [6.07, 6.45) is 1.94. The first kappa shape index (κ1) is 15.5. The third-order valence-electron chi connectivity index (χ3n) is 3.03. The number of nitrogens with zero attached hydrogens (tertiary/aromatic N) is 3. The number of hydrogen-bond donors (Lipinski definition) is 1. The molecule has 0 saturated carbocycles. The molecule has 0 aliphatic heterocycles. The van der Waals surface area contributed by atoms with Crippen molar-refractivity contribution in [1.82, 2.24) is 20.3 Å². The molecular weight excluding hydrogens is 268 g/mol. The van der Waals surface area contributed by atoms with Crippen LogP contribution in [0.5, 0.6) is 5.75 Å². The van der Waals surface area contributed by atoms with Crippen LogP contribution in [-0.2, 0) is 24.4 Å². The van der Waals surface area contributed by atoms with Crippen LogP contribution in [-0.4, -0.2) is 35.3 Å². The number of aromatic nitrogens is 3. The molecular formula is C15H22N4O2. The lowest BCUT2D eigenvalue weighted by Crippen LogP contribution is -2.11. The fraction of sp³-hybridized carbons (Fsp3) is 0.467. The van der Waals surface area contributed by atoms with E-state index in [4.69, 9.17) is 9.47 Å². The normalized spacial score (nSPS) is 10.8. The maximum absolute atomic E-state index is 5.64. The first-order valence-electron chi connectivity index (χ1n) is 7.12. The number of methoxy groups -OCH3 is 1. The van der Waals surface area contributed by atoms with E-state index in [0.29, 0.717) is 19.8 Å². The quantitative estimate of drug-likeness (QED) is 0.711. The van der Waals surface area contributed by atoms with Crippen molar-refractivity contribution in [2.24, 2.45) is 0 Å². The van der Waals surface area contributed by atoms with Crippen molar-refractivity contribution in [2.75, 3.05) is 20.3 Å². The van der Waals surface area contributed by atoms with E-state index in [1.54, 1.807) is 11.8 Å². The van der Waals surface area contributed by atoms with Crippen molar-refractivity contribution < 1.29 is 9.47 Å². The average molecular weight is 290 g/mol. The summed E-state index contributed by atoms with van der Waals surface area (Å²) >= 11 is 0. The second kappa shape index (κ2) is 8.39. The van der Waals surface area contributed by atoms with Gasteiger partial charge in [-0.05, 0) is 24.2 Å². The standard InChI is InChI=1S/C15H22N4O2/c1-3-16-10-14-11-19(18-17-14)8-9-21-12-13-4-6-15(20-2)7-5-13/h4-7,11,16H,3,8-10,12H2,1-2H3. The van der Waals surface area contributed by atoms with Gasteiger partial charge in [-0.25, -0.2) is 4.68 Å². The maximum atomic E-state index is 5.64. The zero-order valence-corrected chi connectivity index (χ0v) is 12.6. The highest BCUT2D eigenvalue weighted by Gasteiger charge is 2.00. The minimum Gasteiger partial charge on any atom is -0.497 e. The molecule has 1 aromatic heterocycles. The lowest BCUT2D eigenvalue weighted by Gasteiger charge is -2.05. The highest BCUT2D eigenvalue weighted by molar-refractivity contribution is 5.26. The second-order valence-electron chi connectivity index (χ2n) is 4.65. The van der Waals surface area contributed by atoms with Gasteiger partial charge in [0, 0.05) is 12.7 Å². The van der Waals surface area contributed by atoms with Crippen molar-refractivity contribution in [3.63, 3.8) is 0 Å². The molecule has 6 nitrogen and oxygen atoms in total. The molecule has 1 aromatic carbocycles. The van der Waals surface area contributed by atoms with E-state index in [-0.39, 0.29) is 0 Å². The van der Waals surface area contributed by atoms with Crippen LogP contribution in [0.2, 0.25) is 0 Å². The highest BCUT2D eigenvalue weighted by atomic mass is 16.5. The van der Waals surface area contributed by atoms with Gasteiger partial charge >= 0.3 is 0 Å². The van der Waals surface area contributed by atoms with Crippen LogP contribution in [0.4, 0.5) is 0 Å². The number of ether oxygens (including phenoxy) is 2. The maximum Gasteiger partial charge on any atom is 0.118 e. The van der Waals surface area contributed by atoms with Gasteiger partial charge in [-0.2, -0.15) is 0 Å². The zero-order valence-electron chi connectivity index (χ0n) is 12.6. The summed E-state index contributed by atoms with van der Waals surface area (Å²) in [6, 6.07) is 7.87. The topological polar surface area (TPSA) is 61.2 Å². The molecule has 0 atom stereocenters. The highest BCUT2D eigenvalue weighted by Crippen LogP contribution is 2.11. The van der Waals surface area contributed by atoms with Gasteiger partial charge in [0.2, 0.25) is 0 Å². The SMILES string of the molecule is CCNCc1cn(CCOCc2ccc(OC)cc2)nn1. The molecule has 0 aliphatic carbocycles. The minimum absolute atomic E-state index is 0.586. The van der Waals surface area contributed by atoms with E-state index < -0.39 is 0 Å². The monoisotopic (exact) mass is 290 g/mol.